The van der Waals surface area contributed by atoms with Gasteiger partial charge in [-0.3, -0.25) is 4.79 Å². The molecule has 0 N–H and O–H groups in total. The van der Waals surface area contributed by atoms with Gasteiger partial charge in [-0.1, -0.05) is 20.8 Å². The predicted octanol–water partition coefficient (Wildman–Crippen LogP) is 2.62. The Hall–Kier alpha value is -0.530. The molecule has 3 aliphatic carbocycles. The Kier molecular flexibility index (Phi) is 2.13. The fourth-order valence-electron chi connectivity index (χ4n) is 3.47. The summed E-state index contributed by atoms with van der Waals surface area (Å²) >= 11 is 0. The van der Waals surface area contributed by atoms with Crippen LogP contribution >= 0.6 is 0 Å². The van der Waals surface area contributed by atoms with E-state index in [0.717, 1.165) is 18.3 Å². The lowest BCUT2D eigenvalue weighted by atomic mass is 9.45. The van der Waals surface area contributed by atoms with Crippen LogP contribution < -0.4 is 0 Å². The van der Waals surface area contributed by atoms with Crippen molar-refractivity contribution >= 4 is 5.97 Å². The highest BCUT2D eigenvalue weighted by Gasteiger charge is 2.57. The van der Waals surface area contributed by atoms with Gasteiger partial charge in [0.05, 0.1) is 0 Å². The van der Waals surface area contributed by atoms with Crippen molar-refractivity contribution in [3.8, 4) is 0 Å². The summed E-state index contributed by atoms with van der Waals surface area (Å²) in [5.41, 5.74) is 0.482. The minimum absolute atomic E-state index is 0.124. The van der Waals surface area contributed by atoms with E-state index in [-0.39, 0.29) is 12.1 Å². The molecule has 3 saturated carbocycles. The molecule has 14 heavy (non-hydrogen) atoms. The summed E-state index contributed by atoms with van der Waals surface area (Å²) in [5.74, 6) is 1.94. The number of esters is 1. The summed E-state index contributed by atoms with van der Waals surface area (Å²) < 4.78 is 5.36. The zero-order valence-electron chi connectivity index (χ0n) is 9.54. The first-order chi connectivity index (χ1) is 6.43. The van der Waals surface area contributed by atoms with Crippen molar-refractivity contribution in [3.63, 3.8) is 0 Å². The fourth-order valence-corrected chi connectivity index (χ4v) is 3.47. The van der Waals surface area contributed by atoms with Gasteiger partial charge in [-0.25, -0.2) is 0 Å². The van der Waals surface area contributed by atoms with E-state index in [9.17, 15) is 4.79 Å². The van der Waals surface area contributed by atoms with Crippen molar-refractivity contribution < 1.29 is 9.53 Å². The molecule has 80 valence electrons. The van der Waals surface area contributed by atoms with E-state index in [1.165, 1.54) is 13.3 Å². The summed E-state index contributed by atoms with van der Waals surface area (Å²) in [5, 5.41) is 0. The zero-order valence-corrected chi connectivity index (χ0v) is 9.54. The van der Waals surface area contributed by atoms with Gasteiger partial charge in [0.1, 0.15) is 6.10 Å². The normalized spacial score (nSPS) is 44.0. The van der Waals surface area contributed by atoms with Gasteiger partial charge in [-0.05, 0) is 36.0 Å². The maximum absolute atomic E-state index is 10.9. The van der Waals surface area contributed by atoms with Crippen molar-refractivity contribution in [1.82, 2.24) is 0 Å². The molecule has 0 heterocycles. The minimum atomic E-state index is -0.124. The lowest BCUT2D eigenvalue weighted by Gasteiger charge is -2.61. The monoisotopic (exact) mass is 196 g/mol. The lowest BCUT2D eigenvalue weighted by molar-refractivity contribution is -0.184. The van der Waals surface area contributed by atoms with Crippen LogP contribution in [0.1, 0.15) is 40.5 Å². The van der Waals surface area contributed by atoms with Gasteiger partial charge >= 0.3 is 5.97 Å². The van der Waals surface area contributed by atoms with Gasteiger partial charge in [0.15, 0.2) is 0 Å². The summed E-state index contributed by atoms with van der Waals surface area (Å²) in [4.78, 5) is 10.9. The molecule has 0 aromatic heterocycles. The number of rotatable bonds is 1. The Morgan fingerprint density at radius 1 is 1.36 bits per heavy atom. The van der Waals surface area contributed by atoms with E-state index < -0.39 is 0 Å². The summed E-state index contributed by atoms with van der Waals surface area (Å²) in [6.45, 7) is 8.45. The van der Waals surface area contributed by atoms with Crippen LogP contribution in [0, 0.1) is 23.2 Å². The molecular formula is C12H20O2. The predicted molar refractivity (Wildman–Crippen MR) is 54.7 cm³/mol. The van der Waals surface area contributed by atoms with Gasteiger partial charge in [0, 0.05) is 6.92 Å². The van der Waals surface area contributed by atoms with E-state index in [0.29, 0.717) is 11.3 Å². The second-order valence-electron chi connectivity index (χ2n) is 5.60. The maximum atomic E-state index is 10.9. The summed E-state index contributed by atoms with van der Waals surface area (Å²) in [6, 6.07) is 0. The molecule has 3 rings (SSSR count). The molecule has 0 radical (unpaired) electrons. The van der Waals surface area contributed by atoms with E-state index >= 15 is 0 Å². The molecule has 2 bridgehead atoms. The third-order valence-corrected chi connectivity index (χ3v) is 4.60. The summed E-state index contributed by atoms with van der Waals surface area (Å²) in [6.07, 6.45) is 2.60. The van der Waals surface area contributed by atoms with Crippen LogP contribution in [0.5, 0.6) is 0 Å². The van der Waals surface area contributed by atoms with Crippen LogP contribution in [0.4, 0.5) is 0 Å². The van der Waals surface area contributed by atoms with Gasteiger partial charge in [0.25, 0.3) is 0 Å². The Bertz CT molecular complexity index is 257. The Balaban J connectivity index is 2.04. The van der Waals surface area contributed by atoms with Crippen LogP contribution in [-0.2, 0) is 9.53 Å². The van der Waals surface area contributed by atoms with Crippen molar-refractivity contribution in [3.05, 3.63) is 0 Å². The topological polar surface area (TPSA) is 26.3 Å². The maximum Gasteiger partial charge on any atom is 0.302 e. The molecule has 0 amide bonds. The lowest BCUT2D eigenvalue weighted by Crippen LogP contribution is -2.57. The van der Waals surface area contributed by atoms with E-state index in [1.54, 1.807) is 0 Å². The molecule has 2 heteroatoms. The average molecular weight is 196 g/mol. The van der Waals surface area contributed by atoms with Crippen molar-refractivity contribution in [1.29, 1.82) is 0 Å². The molecule has 2 nitrogen and oxygen atoms in total. The highest BCUT2D eigenvalue weighted by molar-refractivity contribution is 5.66. The van der Waals surface area contributed by atoms with Gasteiger partial charge < -0.3 is 4.74 Å². The van der Waals surface area contributed by atoms with Gasteiger partial charge in [-0.15, -0.1) is 0 Å². The molecule has 3 aliphatic rings. The smallest absolute Gasteiger partial charge is 0.302 e. The van der Waals surface area contributed by atoms with Crippen molar-refractivity contribution in [2.24, 2.45) is 23.2 Å². The van der Waals surface area contributed by atoms with Gasteiger partial charge in [-0.2, -0.15) is 0 Å². The first-order valence-electron chi connectivity index (χ1n) is 5.60. The van der Waals surface area contributed by atoms with E-state index in [4.69, 9.17) is 4.74 Å². The third-order valence-electron chi connectivity index (χ3n) is 4.60. The standard InChI is InChI=1S/C12H20O2/c1-7-10-5-9(12(10,3)4)6-11(7)14-8(2)13/h7,9-11H,5-6H2,1-4H3/t7-,9+,10-,11+/m0/s1. The highest BCUT2D eigenvalue weighted by atomic mass is 16.5. The summed E-state index contributed by atoms with van der Waals surface area (Å²) in [7, 11) is 0. The minimum Gasteiger partial charge on any atom is -0.462 e. The molecule has 0 spiro atoms. The van der Waals surface area contributed by atoms with Crippen molar-refractivity contribution in [2.75, 3.05) is 0 Å². The molecule has 3 fully saturated rings. The average Bonchev–Trinajstić information content (AvgIpc) is 2.06. The number of fused-ring (bicyclic) bond motifs is 2. The van der Waals surface area contributed by atoms with Crippen molar-refractivity contribution in [2.45, 2.75) is 46.6 Å². The molecular weight excluding hydrogens is 176 g/mol. The Morgan fingerprint density at radius 2 is 2.00 bits per heavy atom. The van der Waals surface area contributed by atoms with Crippen LogP contribution in [0.3, 0.4) is 0 Å². The number of carbonyl (C=O) groups excluding carboxylic acids is 1. The third kappa shape index (κ3) is 1.27. The first-order valence-corrected chi connectivity index (χ1v) is 5.60. The SMILES string of the molecule is CC(=O)O[C@@H]1C[C@H]2C[C@@H]([C@@H]1C)C2(C)C. The van der Waals surface area contributed by atoms with Crippen LogP contribution in [-0.4, -0.2) is 12.1 Å². The zero-order chi connectivity index (χ0) is 10.5. The molecule has 0 saturated heterocycles. The number of ether oxygens (including phenoxy) is 1. The first kappa shape index (κ1) is 10.0. The van der Waals surface area contributed by atoms with E-state index in [1.807, 2.05) is 0 Å². The number of hydrogen-bond donors (Lipinski definition) is 0. The molecule has 4 atom stereocenters. The fraction of sp³-hybridized carbons (Fsp3) is 0.917. The quantitative estimate of drug-likeness (QED) is 0.603. The molecule has 0 aliphatic heterocycles. The van der Waals surface area contributed by atoms with Crippen LogP contribution in [0.15, 0.2) is 0 Å². The molecule has 0 aromatic carbocycles. The van der Waals surface area contributed by atoms with Crippen LogP contribution in [0.25, 0.3) is 0 Å². The Morgan fingerprint density at radius 3 is 2.43 bits per heavy atom. The number of hydrogen-bond acceptors (Lipinski definition) is 2. The number of carbonyl (C=O) groups is 1. The van der Waals surface area contributed by atoms with Crippen LogP contribution in [0.2, 0.25) is 0 Å². The van der Waals surface area contributed by atoms with Gasteiger partial charge in [0.2, 0.25) is 0 Å². The highest BCUT2D eigenvalue weighted by Crippen LogP contribution is 2.61. The molecule has 0 aromatic rings. The second kappa shape index (κ2) is 2.98. The Labute approximate surface area is 86.0 Å². The largest absolute Gasteiger partial charge is 0.462 e. The van der Waals surface area contributed by atoms with E-state index in [2.05, 4.69) is 20.8 Å². The second-order valence-corrected chi connectivity index (χ2v) is 5.60. The molecule has 0 unspecified atom stereocenters.